The van der Waals surface area contributed by atoms with E-state index in [1.165, 1.54) is 22.3 Å². The van der Waals surface area contributed by atoms with Crippen molar-refractivity contribution in [3.8, 4) is 22.6 Å². The summed E-state index contributed by atoms with van der Waals surface area (Å²) in [5.41, 5.74) is 5.97. The van der Waals surface area contributed by atoms with Crippen molar-refractivity contribution in [2.24, 2.45) is 5.92 Å². The lowest BCUT2D eigenvalue weighted by atomic mass is 9.95. The number of fused-ring (bicyclic) bond motifs is 3. The number of aliphatic carboxylic acids is 1. The van der Waals surface area contributed by atoms with Crippen LogP contribution in [0.15, 0.2) is 66.7 Å². The molecule has 1 aliphatic heterocycles. The standard InChI is InChI=1S/C25H26O3S.C4H6O2/c1-29-13-5-12-27-23-10-11-24-21(15-23)18-26-17-20-9-8-19(14-25(20)24)16-28-22-6-3-2-4-7-22;5-4(6)3-1-2-3/h2-4,6-11,14-15H,5,12-13,16-18H2,1H3;3H,1-2H2,(H,5,6). The highest BCUT2D eigenvalue weighted by atomic mass is 32.2. The summed E-state index contributed by atoms with van der Waals surface area (Å²) in [5, 5.41) is 8.05. The van der Waals surface area contributed by atoms with Crippen LogP contribution in [-0.2, 0) is 29.4 Å². The lowest BCUT2D eigenvalue weighted by Crippen LogP contribution is -2.00. The van der Waals surface area contributed by atoms with E-state index >= 15 is 0 Å². The van der Waals surface area contributed by atoms with Crippen LogP contribution >= 0.6 is 11.8 Å². The summed E-state index contributed by atoms with van der Waals surface area (Å²) in [5.74, 6) is 2.31. The Labute approximate surface area is 211 Å². The van der Waals surface area contributed by atoms with Crippen LogP contribution in [0.2, 0.25) is 0 Å². The van der Waals surface area contributed by atoms with Crippen molar-refractivity contribution in [3.63, 3.8) is 0 Å². The van der Waals surface area contributed by atoms with Gasteiger partial charge in [0.1, 0.15) is 18.1 Å². The Kier molecular flexibility index (Phi) is 9.09. The molecular weight excluding hydrogens is 460 g/mol. The number of rotatable bonds is 9. The molecule has 0 radical (unpaired) electrons. The number of hydrogen-bond acceptors (Lipinski definition) is 5. The van der Waals surface area contributed by atoms with Gasteiger partial charge in [-0.3, -0.25) is 4.79 Å². The molecule has 5 rings (SSSR count). The SMILES string of the molecule is CSCCCOc1ccc2c(c1)COCc1ccc(COc3ccccc3)cc1-2.O=C(O)C1CC1. The van der Waals surface area contributed by atoms with Gasteiger partial charge >= 0.3 is 5.97 Å². The van der Waals surface area contributed by atoms with E-state index in [0.29, 0.717) is 19.8 Å². The molecule has 3 aromatic rings. The van der Waals surface area contributed by atoms with Crippen molar-refractivity contribution in [1.29, 1.82) is 0 Å². The highest BCUT2D eigenvalue weighted by molar-refractivity contribution is 7.98. The smallest absolute Gasteiger partial charge is 0.306 e. The Bertz CT molecular complexity index is 1110. The van der Waals surface area contributed by atoms with E-state index in [-0.39, 0.29) is 5.92 Å². The van der Waals surface area contributed by atoms with E-state index in [4.69, 9.17) is 19.3 Å². The zero-order valence-corrected chi connectivity index (χ0v) is 20.9. The summed E-state index contributed by atoms with van der Waals surface area (Å²) in [7, 11) is 0. The second kappa shape index (κ2) is 12.7. The first kappa shape index (κ1) is 25.1. The Morgan fingerprint density at radius 3 is 2.46 bits per heavy atom. The van der Waals surface area contributed by atoms with Crippen molar-refractivity contribution >= 4 is 17.7 Å². The summed E-state index contributed by atoms with van der Waals surface area (Å²) >= 11 is 1.85. The van der Waals surface area contributed by atoms with Gasteiger partial charge < -0.3 is 19.3 Å². The third-order valence-electron chi connectivity index (χ3n) is 5.89. The van der Waals surface area contributed by atoms with Gasteiger partial charge in [0, 0.05) is 0 Å². The molecule has 0 aromatic heterocycles. The van der Waals surface area contributed by atoms with Gasteiger partial charge in [-0.1, -0.05) is 36.4 Å². The molecule has 1 saturated carbocycles. The zero-order chi connectivity index (χ0) is 24.5. The molecule has 0 bridgehead atoms. The van der Waals surface area contributed by atoms with Gasteiger partial charge in [-0.2, -0.15) is 11.8 Å². The number of thioether (sulfide) groups is 1. The van der Waals surface area contributed by atoms with Crippen molar-refractivity contribution in [3.05, 3.63) is 83.4 Å². The maximum atomic E-state index is 9.76. The topological polar surface area (TPSA) is 65.0 Å². The molecule has 1 N–H and O–H groups in total. The molecule has 184 valence electrons. The van der Waals surface area contributed by atoms with Crippen LogP contribution in [0.25, 0.3) is 11.1 Å². The van der Waals surface area contributed by atoms with Gasteiger partial charge in [-0.05, 0) is 89.4 Å². The lowest BCUT2D eigenvalue weighted by Gasteiger charge is -2.13. The molecule has 5 nitrogen and oxygen atoms in total. The van der Waals surface area contributed by atoms with Crippen molar-refractivity contribution in [1.82, 2.24) is 0 Å². The molecule has 0 amide bonds. The Balaban J connectivity index is 0.000000421. The molecule has 1 aliphatic carbocycles. The van der Waals surface area contributed by atoms with Crippen LogP contribution in [-0.4, -0.2) is 29.7 Å². The minimum absolute atomic E-state index is 0.0185. The van der Waals surface area contributed by atoms with E-state index in [9.17, 15) is 4.79 Å². The van der Waals surface area contributed by atoms with E-state index in [1.54, 1.807) is 0 Å². The number of ether oxygens (including phenoxy) is 3. The summed E-state index contributed by atoms with van der Waals surface area (Å²) < 4.78 is 17.8. The highest BCUT2D eigenvalue weighted by Gasteiger charge is 2.28. The number of hydrogen-bond donors (Lipinski definition) is 1. The molecule has 0 atom stereocenters. The second-order valence-corrected chi connectivity index (χ2v) is 9.70. The largest absolute Gasteiger partial charge is 0.494 e. The molecule has 0 spiro atoms. The van der Waals surface area contributed by atoms with Gasteiger partial charge in [0.25, 0.3) is 0 Å². The molecule has 3 aromatic carbocycles. The average Bonchev–Trinajstić information content (AvgIpc) is 3.74. The van der Waals surface area contributed by atoms with Crippen molar-refractivity contribution < 1.29 is 24.1 Å². The number of carboxylic acid groups (broad SMARTS) is 1. The van der Waals surface area contributed by atoms with Gasteiger partial charge in [0.2, 0.25) is 0 Å². The Morgan fingerprint density at radius 2 is 1.74 bits per heavy atom. The molecular formula is C29H32O5S. The second-order valence-electron chi connectivity index (χ2n) is 8.71. The van der Waals surface area contributed by atoms with E-state index < -0.39 is 5.97 Å². The molecule has 35 heavy (non-hydrogen) atoms. The van der Waals surface area contributed by atoms with Crippen LogP contribution < -0.4 is 9.47 Å². The fourth-order valence-corrected chi connectivity index (χ4v) is 4.22. The lowest BCUT2D eigenvalue weighted by molar-refractivity contribution is -0.138. The molecule has 2 aliphatic rings. The fraction of sp³-hybridized carbons (Fsp3) is 0.345. The predicted molar refractivity (Wildman–Crippen MR) is 140 cm³/mol. The van der Waals surface area contributed by atoms with Crippen LogP contribution in [0.4, 0.5) is 0 Å². The van der Waals surface area contributed by atoms with Gasteiger partial charge in [0.05, 0.1) is 25.7 Å². The molecule has 0 saturated heterocycles. The first-order valence-corrected chi connectivity index (χ1v) is 13.4. The van der Waals surface area contributed by atoms with Gasteiger partial charge in [0.15, 0.2) is 0 Å². The van der Waals surface area contributed by atoms with Crippen LogP contribution in [0, 0.1) is 5.92 Å². The summed E-state index contributed by atoms with van der Waals surface area (Å²) in [6.07, 6.45) is 4.98. The molecule has 1 heterocycles. The van der Waals surface area contributed by atoms with Gasteiger partial charge in [-0.25, -0.2) is 0 Å². The number of carboxylic acids is 1. The summed E-state index contributed by atoms with van der Waals surface area (Å²) in [6, 6.07) is 22.8. The minimum Gasteiger partial charge on any atom is -0.494 e. The van der Waals surface area contributed by atoms with Gasteiger partial charge in [-0.15, -0.1) is 0 Å². The van der Waals surface area contributed by atoms with Crippen molar-refractivity contribution in [2.45, 2.75) is 39.1 Å². The predicted octanol–water partition coefficient (Wildman–Crippen LogP) is 6.58. The minimum atomic E-state index is -0.630. The van der Waals surface area contributed by atoms with E-state index in [1.807, 2.05) is 42.1 Å². The highest BCUT2D eigenvalue weighted by Crippen LogP contribution is 2.35. The van der Waals surface area contributed by atoms with E-state index in [2.05, 4.69) is 42.7 Å². The number of benzene rings is 3. The third-order valence-corrected chi connectivity index (χ3v) is 6.59. The monoisotopic (exact) mass is 492 g/mol. The van der Waals surface area contributed by atoms with E-state index in [0.717, 1.165) is 48.7 Å². The first-order chi connectivity index (χ1) is 17.1. The molecule has 6 heteroatoms. The van der Waals surface area contributed by atoms with Crippen molar-refractivity contribution in [2.75, 3.05) is 18.6 Å². The van der Waals surface area contributed by atoms with Crippen LogP contribution in [0.3, 0.4) is 0 Å². The average molecular weight is 493 g/mol. The summed E-state index contributed by atoms with van der Waals surface area (Å²) in [4.78, 5) is 9.76. The molecule has 1 fully saturated rings. The number of para-hydroxylation sites is 1. The Hall–Kier alpha value is -2.96. The zero-order valence-electron chi connectivity index (χ0n) is 20.1. The maximum Gasteiger partial charge on any atom is 0.306 e. The number of carbonyl (C=O) groups is 1. The normalized spacial score (nSPS) is 14.0. The van der Waals surface area contributed by atoms with Crippen LogP contribution in [0.1, 0.15) is 36.0 Å². The fourth-order valence-electron chi connectivity index (χ4n) is 3.81. The first-order valence-electron chi connectivity index (χ1n) is 12.0. The Morgan fingerprint density at radius 1 is 0.943 bits per heavy atom. The van der Waals surface area contributed by atoms with Crippen LogP contribution in [0.5, 0.6) is 11.5 Å². The maximum absolute atomic E-state index is 9.76. The third kappa shape index (κ3) is 7.51. The summed E-state index contributed by atoms with van der Waals surface area (Å²) in [6.45, 7) is 2.51. The quantitative estimate of drug-likeness (QED) is 0.341. The molecule has 0 unspecified atom stereocenters.